The minimum atomic E-state index is 0.0840. The molecule has 0 aliphatic carbocycles. The van der Waals surface area contributed by atoms with E-state index in [0.717, 1.165) is 29.1 Å². The molecule has 1 N–H and O–H groups in total. The molecular weight excluding hydrogens is 288 g/mol. The lowest BCUT2D eigenvalue weighted by atomic mass is 9.91. The van der Waals surface area contributed by atoms with Crippen LogP contribution in [0.1, 0.15) is 31.9 Å². The van der Waals surface area contributed by atoms with Crippen molar-refractivity contribution in [2.24, 2.45) is 0 Å². The lowest BCUT2D eigenvalue weighted by molar-refractivity contribution is -0.117. The molecule has 2 atom stereocenters. The fraction of sp³-hybridized carbons (Fsp3) is 0.316. The zero-order valence-corrected chi connectivity index (χ0v) is 13.7. The van der Waals surface area contributed by atoms with Gasteiger partial charge in [0.05, 0.1) is 18.8 Å². The van der Waals surface area contributed by atoms with Crippen molar-refractivity contribution in [2.75, 3.05) is 17.3 Å². The Morgan fingerprint density at radius 2 is 1.87 bits per heavy atom. The third-order valence-corrected chi connectivity index (χ3v) is 4.37. The van der Waals surface area contributed by atoms with Crippen LogP contribution in [0.4, 0.5) is 11.4 Å². The number of ether oxygens (including phenoxy) is 1. The molecule has 2 aromatic rings. The predicted octanol–water partition coefficient (Wildman–Crippen LogP) is 3.99. The Kier molecular flexibility index (Phi) is 4.24. The second-order valence-electron chi connectivity index (χ2n) is 5.93. The number of hydrogen-bond acceptors (Lipinski definition) is 3. The second kappa shape index (κ2) is 6.32. The summed E-state index contributed by atoms with van der Waals surface area (Å²) in [4.78, 5) is 13.9. The van der Waals surface area contributed by atoms with Gasteiger partial charge in [-0.05, 0) is 37.1 Å². The number of carbonyl (C=O) groups excluding carboxylic acids is 1. The quantitative estimate of drug-likeness (QED) is 0.932. The average molecular weight is 310 g/mol. The molecule has 0 fully saturated rings. The van der Waals surface area contributed by atoms with E-state index in [1.54, 1.807) is 14.0 Å². The summed E-state index contributed by atoms with van der Waals surface area (Å²) in [6.07, 6.45) is 0.856. The molecule has 3 rings (SSSR count). The van der Waals surface area contributed by atoms with Crippen molar-refractivity contribution < 1.29 is 9.53 Å². The fourth-order valence-corrected chi connectivity index (χ4v) is 3.38. The first-order valence-electron chi connectivity index (χ1n) is 7.90. The zero-order valence-electron chi connectivity index (χ0n) is 13.7. The normalized spacial score (nSPS) is 19.9. The number of fused-ring (bicyclic) bond motifs is 1. The van der Waals surface area contributed by atoms with Gasteiger partial charge in [-0.1, -0.05) is 30.3 Å². The number of hydrogen-bond donors (Lipinski definition) is 1. The van der Waals surface area contributed by atoms with Gasteiger partial charge in [0, 0.05) is 18.7 Å². The molecule has 1 aliphatic heterocycles. The van der Waals surface area contributed by atoms with Gasteiger partial charge >= 0.3 is 0 Å². The van der Waals surface area contributed by atoms with E-state index in [4.69, 9.17) is 4.74 Å². The first-order valence-corrected chi connectivity index (χ1v) is 7.90. The van der Waals surface area contributed by atoms with Crippen LogP contribution in [0.15, 0.2) is 48.5 Å². The van der Waals surface area contributed by atoms with E-state index in [1.165, 1.54) is 0 Å². The minimum Gasteiger partial charge on any atom is -0.495 e. The highest BCUT2D eigenvalue weighted by Crippen LogP contribution is 2.40. The third kappa shape index (κ3) is 2.89. The van der Waals surface area contributed by atoms with Gasteiger partial charge in [-0.25, -0.2) is 0 Å². The molecule has 4 heteroatoms. The van der Waals surface area contributed by atoms with E-state index in [-0.39, 0.29) is 18.0 Å². The monoisotopic (exact) mass is 310 g/mol. The van der Waals surface area contributed by atoms with E-state index >= 15 is 0 Å². The number of benzene rings is 2. The van der Waals surface area contributed by atoms with Gasteiger partial charge in [-0.3, -0.25) is 4.79 Å². The molecule has 1 heterocycles. The summed E-state index contributed by atoms with van der Waals surface area (Å²) in [6.45, 7) is 3.72. The Labute approximate surface area is 137 Å². The highest BCUT2D eigenvalue weighted by Gasteiger charge is 2.32. The predicted molar refractivity (Wildman–Crippen MR) is 93.0 cm³/mol. The van der Waals surface area contributed by atoms with Crippen LogP contribution >= 0.6 is 0 Å². The number of carbonyl (C=O) groups is 1. The van der Waals surface area contributed by atoms with Crippen LogP contribution in [-0.2, 0) is 4.79 Å². The highest BCUT2D eigenvalue weighted by atomic mass is 16.5. The number of methoxy groups -OCH3 is 1. The summed E-state index contributed by atoms with van der Waals surface area (Å²) < 4.78 is 5.43. The van der Waals surface area contributed by atoms with E-state index in [0.29, 0.717) is 0 Å². The standard InChI is InChI=1S/C19H22N2O2/c1-13-12-17(20-16-9-5-7-11-19(16)23-3)15-8-4-6-10-18(15)21(13)14(2)22/h4-11,13,17,20H,12H2,1-3H3/t13-,17+/m1/s1. The lowest BCUT2D eigenvalue weighted by Crippen LogP contribution is -2.43. The van der Waals surface area contributed by atoms with E-state index in [9.17, 15) is 4.79 Å². The third-order valence-electron chi connectivity index (χ3n) is 4.37. The molecule has 4 nitrogen and oxygen atoms in total. The molecular formula is C19H22N2O2. The Balaban J connectivity index is 1.97. The second-order valence-corrected chi connectivity index (χ2v) is 5.93. The first kappa shape index (κ1) is 15.4. The number of rotatable bonds is 3. The Hall–Kier alpha value is -2.49. The number of nitrogens with one attached hydrogen (secondary N) is 1. The molecule has 0 spiro atoms. The topological polar surface area (TPSA) is 41.6 Å². The lowest BCUT2D eigenvalue weighted by Gasteiger charge is -2.39. The van der Waals surface area contributed by atoms with Crippen LogP contribution in [-0.4, -0.2) is 19.1 Å². The van der Waals surface area contributed by atoms with Crippen LogP contribution < -0.4 is 15.0 Å². The average Bonchev–Trinajstić information content (AvgIpc) is 2.55. The maximum atomic E-state index is 12.0. The number of para-hydroxylation sites is 3. The first-order chi connectivity index (χ1) is 11.1. The molecule has 0 unspecified atom stereocenters. The van der Waals surface area contributed by atoms with Crippen molar-refractivity contribution in [1.82, 2.24) is 0 Å². The summed E-state index contributed by atoms with van der Waals surface area (Å²) in [5.41, 5.74) is 3.11. The molecule has 0 saturated carbocycles. The number of nitrogens with zero attached hydrogens (tertiary/aromatic N) is 1. The molecule has 0 aromatic heterocycles. The number of anilines is 2. The molecule has 2 aromatic carbocycles. The van der Waals surface area contributed by atoms with E-state index in [1.807, 2.05) is 47.4 Å². The zero-order chi connectivity index (χ0) is 16.4. The van der Waals surface area contributed by atoms with Crippen molar-refractivity contribution in [2.45, 2.75) is 32.4 Å². The molecule has 1 aliphatic rings. The molecule has 120 valence electrons. The van der Waals surface area contributed by atoms with Crippen LogP contribution in [0.3, 0.4) is 0 Å². The SMILES string of the molecule is COc1ccccc1N[C@H]1C[C@@H](C)N(C(C)=O)c2ccccc21. The largest absolute Gasteiger partial charge is 0.495 e. The van der Waals surface area contributed by atoms with Crippen LogP contribution in [0.25, 0.3) is 0 Å². The summed E-state index contributed by atoms with van der Waals surface area (Å²) in [5, 5.41) is 3.58. The van der Waals surface area contributed by atoms with Gasteiger partial charge in [-0.2, -0.15) is 0 Å². The Bertz CT molecular complexity index is 714. The summed E-state index contributed by atoms with van der Waals surface area (Å²) >= 11 is 0. The van der Waals surface area contributed by atoms with Crippen LogP contribution in [0.5, 0.6) is 5.75 Å². The van der Waals surface area contributed by atoms with E-state index < -0.39 is 0 Å². The minimum absolute atomic E-state index is 0.0840. The summed E-state index contributed by atoms with van der Waals surface area (Å²) in [7, 11) is 1.68. The molecule has 1 amide bonds. The molecule has 0 saturated heterocycles. The van der Waals surface area contributed by atoms with Gasteiger partial charge in [0.15, 0.2) is 0 Å². The summed E-state index contributed by atoms with van der Waals surface area (Å²) in [6, 6.07) is 16.3. The van der Waals surface area contributed by atoms with Gasteiger partial charge in [-0.15, -0.1) is 0 Å². The van der Waals surface area contributed by atoms with Gasteiger partial charge < -0.3 is 15.0 Å². The summed E-state index contributed by atoms with van der Waals surface area (Å²) in [5.74, 6) is 0.910. The van der Waals surface area contributed by atoms with Crippen molar-refractivity contribution in [3.63, 3.8) is 0 Å². The van der Waals surface area contributed by atoms with Crippen molar-refractivity contribution in [1.29, 1.82) is 0 Å². The van der Waals surface area contributed by atoms with Gasteiger partial charge in [0.2, 0.25) is 5.91 Å². The highest BCUT2D eigenvalue weighted by molar-refractivity contribution is 5.93. The maximum Gasteiger partial charge on any atom is 0.224 e. The van der Waals surface area contributed by atoms with Crippen molar-refractivity contribution in [3.05, 3.63) is 54.1 Å². The maximum absolute atomic E-state index is 12.0. The van der Waals surface area contributed by atoms with Crippen LogP contribution in [0.2, 0.25) is 0 Å². The molecule has 0 radical (unpaired) electrons. The van der Waals surface area contributed by atoms with E-state index in [2.05, 4.69) is 18.3 Å². The van der Waals surface area contributed by atoms with Crippen molar-refractivity contribution >= 4 is 17.3 Å². The Morgan fingerprint density at radius 3 is 2.61 bits per heavy atom. The fourth-order valence-electron chi connectivity index (χ4n) is 3.38. The smallest absolute Gasteiger partial charge is 0.224 e. The van der Waals surface area contributed by atoms with Crippen molar-refractivity contribution in [3.8, 4) is 5.75 Å². The number of amides is 1. The molecule has 0 bridgehead atoms. The Morgan fingerprint density at radius 1 is 1.17 bits per heavy atom. The molecule has 23 heavy (non-hydrogen) atoms. The van der Waals surface area contributed by atoms with Gasteiger partial charge in [0.25, 0.3) is 0 Å². The van der Waals surface area contributed by atoms with Gasteiger partial charge in [0.1, 0.15) is 5.75 Å². The van der Waals surface area contributed by atoms with Crippen LogP contribution in [0, 0.1) is 0 Å².